The lowest BCUT2D eigenvalue weighted by molar-refractivity contribution is -0.122. The molecule has 5 heteroatoms. The van der Waals surface area contributed by atoms with Crippen LogP contribution in [0, 0.1) is 11.8 Å². The van der Waals surface area contributed by atoms with E-state index in [0.29, 0.717) is 13.2 Å². The fourth-order valence-corrected chi connectivity index (χ4v) is 4.48. The highest BCUT2D eigenvalue weighted by atomic mass is 16.5. The van der Waals surface area contributed by atoms with Crippen molar-refractivity contribution in [3.8, 4) is 0 Å². The van der Waals surface area contributed by atoms with Crippen LogP contribution in [-0.2, 0) is 9.53 Å². The molecule has 3 aliphatic heterocycles. The number of rotatable bonds is 6. The van der Waals surface area contributed by atoms with Gasteiger partial charge in [0.15, 0.2) is 0 Å². The van der Waals surface area contributed by atoms with Crippen molar-refractivity contribution in [1.82, 2.24) is 15.1 Å². The van der Waals surface area contributed by atoms with Gasteiger partial charge in [-0.3, -0.25) is 14.6 Å². The molecule has 0 aromatic rings. The van der Waals surface area contributed by atoms with Gasteiger partial charge < -0.3 is 10.1 Å². The fourth-order valence-electron chi connectivity index (χ4n) is 4.48. The maximum absolute atomic E-state index is 12.0. The largest absolute Gasteiger partial charge is 0.385 e. The number of likely N-dealkylation sites (tertiary alicyclic amines) is 1. The van der Waals surface area contributed by atoms with Crippen LogP contribution in [-0.4, -0.2) is 74.7 Å². The summed E-state index contributed by atoms with van der Waals surface area (Å²) >= 11 is 0. The fraction of sp³-hybridized carbons (Fsp3) is 0.938. The molecule has 0 saturated carbocycles. The zero-order valence-corrected chi connectivity index (χ0v) is 13.2. The van der Waals surface area contributed by atoms with Crippen LogP contribution in [0.5, 0.6) is 0 Å². The standard InChI is InChI=1S/C16H29N3O2/c1-21-8-4-6-17-16(20)12-18-9-13-10-19-7-3-2-5-15(19)14(13)11-18/h13-15H,2-12H2,1H3,(H,17,20). The second-order valence-corrected chi connectivity index (χ2v) is 6.87. The van der Waals surface area contributed by atoms with Crippen molar-refractivity contribution in [3.05, 3.63) is 0 Å². The first-order valence-electron chi connectivity index (χ1n) is 8.50. The Morgan fingerprint density at radius 3 is 3.05 bits per heavy atom. The van der Waals surface area contributed by atoms with E-state index in [1.165, 1.54) is 32.4 Å². The molecule has 120 valence electrons. The number of nitrogens with zero attached hydrogens (tertiary/aromatic N) is 2. The summed E-state index contributed by atoms with van der Waals surface area (Å²) in [7, 11) is 1.69. The Hall–Kier alpha value is -0.650. The van der Waals surface area contributed by atoms with Crippen LogP contribution in [0.2, 0.25) is 0 Å². The molecule has 0 aromatic heterocycles. The number of hydrogen-bond acceptors (Lipinski definition) is 4. The van der Waals surface area contributed by atoms with Crippen molar-refractivity contribution in [2.75, 3.05) is 53.0 Å². The number of ether oxygens (including phenoxy) is 1. The summed E-state index contributed by atoms with van der Waals surface area (Å²) in [6.07, 6.45) is 5.04. The van der Waals surface area contributed by atoms with Crippen LogP contribution in [0.3, 0.4) is 0 Å². The maximum Gasteiger partial charge on any atom is 0.234 e. The third-order valence-corrected chi connectivity index (χ3v) is 5.41. The SMILES string of the molecule is COCCCNC(=O)CN1CC2CN3CCCCC3C2C1. The van der Waals surface area contributed by atoms with E-state index < -0.39 is 0 Å². The summed E-state index contributed by atoms with van der Waals surface area (Å²) in [5.41, 5.74) is 0. The summed E-state index contributed by atoms with van der Waals surface area (Å²) in [6.45, 7) is 6.82. The average Bonchev–Trinajstić information content (AvgIpc) is 3.00. The highest BCUT2D eigenvalue weighted by Gasteiger charge is 2.47. The highest BCUT2D eigenvalue weighted by molar-refractivity contribution is 5.78. The lowest BCUT2D eigenvalue weighted by atomic mass is 9.90. The van der Waals surface area contributed by atoms with Gasteiger partial charge in [0.05, 0.1) is 6.54 Å². The first-order valence-corrected chi connectivity index (χ1v) is 8.50. The van der Waals surface area contributed by atoms with Crippen molar-refractivity contribution in [2.45, 2.75) is 31.7 Å². The normalized spacial score (nSPS) is 32.9. The second kappa shape index (κ2) is 7.07. The van der Waals surface area contributed by atoms with E-state index in [4.69, 9.17) is 4.74 Å². The van der Waals surface area contributed by atoms with Gasteiger partial charge >= 0.3 is 0 Å². The highest BCUT2D eigenvalue weighted by Crippen LogP contribution is 2.40. The summed E-state index contributed by atoms with van der Waals surface area (Å²) in [6, 6.07) is 0.804. The van der Waals surface area contributed by atoms with E-state index in [0.717, 1.165) is 43.9 Å². The first-order chi connectivity index (χ1) is 10.3. The molecule has 3 saturated heterocycles. The minimum Gasteiger partial charge on any atom is -0.385 e. The summed E-state index contributed by atoms with van der Waals surface area (Å²) in [5.74, 6) is 1.78. The topological polar surface area (TPSA) is 44.8 Å². The van der Waals surface area contributed by atoms with Crippen molar-refractivity contribution >= 4 is 5.91 Å². The van der Waals surface area contributed by atoms with Crippen molar-refractivity contribution in [3.63, 3.8) is 0 Å². The lowest BCUT2D eigenvalue weighted by Gasteiger charge is -2.33. The number of piperidine rings is 1. The van der Waals surface area contributed by atoms with E-state index in [-0.39, 0.29) is 5.91 Å². The molecule has 21 heavy (non-hydrogen) atoms. The minimum atomic E-state index is 0.173. The monoisotopic (exact) mass is 295 g/mol. The van der Waals surface area contributed by atoms with Crippen LogP contribution in [0.25, 0.3) is 0 Å². The smallest absolute Gasteiger partial charge is 0.234 e. The zero-order valence-electron chi connectivity index (χ0n) is 13.2. The molecule has 3 rings (SSSR count). The zero-order chi connectivity index (χ0) is 14.7. The number of fused-ring (bicyclic) bond motifs is 3. The van der Waals surface area contributed by atoms with Crippen LogP contribution >= 0.6 is 0 Å². The Bertz CT molecular complexity index is 363. The van der Waals surface area contributed by atoms with Gasteiger partial charge in [0, 0.05) is 45.9 Å². The third-order valence-electron chi connectivity index (χ3n) is 5.41. The van der Waals surface area contributed by atoms with E-state index in [1.54, 1.807) is 7.11 Å². The van der Waals surface area contributed by atoms with Crippen molar-refractivity contribution in [2.24, 2.45) is 11.8 Å². The quantitative estimate of drug-likeness (QED) is 0.727. The molecule has 3 fully saturated rings. The first kappa shape index (κ1) is 15.3. The molecule has 1 N–H and O–H groups in total. The van der Waals surface area contributed by atoms with Gasteiger partial charge in [0.25, 0.3) is 0 Å². The number of carbonyl (C=O) groups excluding carboxylic acids is 1. The molecule has 3 heterocycles. The molecule has 3 aliphatic rings. The molecular formula is C16H29N3O2. The van der Waals surface area contributed by atoms with Crippen LogP contribution in [0.15, 0.2) is 0 Å². The van der Waals surface area contributed by atoms with Gasteiger partial charge in [-0.15, -0.1) is 0 Å². The number of nitrogens with one attached hydrogen (secondary N) is 1. The minimum absolute atomic E-state index is 0.173. The Kier molecular flexibility index (Phi) is 5.14. The third kappa shape index (κ3) is 3.58. The van der Waals surface area contributed by atoms with E-state index in [2.05, 4.69) is 15.1 Å². The van der Waals surface area contributed by atoms with Gasteiger partial charge in [-0.25, -0.2) is 0 Å². The Balaban J connectivity index is 1.40. The molecule has 0 bridgehead atoms. The summed E-state index contributed by atoms with van der Waals surface area (Å²) in [4.78, 5) is 17.0. The Morgan fingerprint density at radius 2 is 2.19 bits per heavy atom. The van der Waals surface area contributed by atoms with Crippen LogP contribution < -0.4 is 5.32 Å². The molecule has 0 aromatic carbocycles. The van der Waals surface area contributed by atoms with Crippen molar-refractivity contribution in [1.29, 1.82) is 0 Å². The maximum atomic E-state index is 12.0. The second-order valence-electron chi connectivity index (χ2n) is 6.87. The van der Waals surface area contributed by atoms with E-state index in [1.807, 2.05) is 0 Å². The molecule has 5 nitrogen and oxygen atoms in total. The summed E-state index contributed by atoms with van der Waals surface area (Å²) in [5, 5.41) is 3.00. The van der Waals surface area contributed by atoms with Crippen LogP contribution in [0.1, 0.15) is 25.7 Å². The predicted octanol–water partition coefficient (Wildman–Crippen LogP) is 0.555. The number of carbonyl (C=O) groups is 1. The molecule has 3 atom stereocenters. The number of methoxy groups -OCH3 is 1. The average molecular weight is 295 g/mol. The van der Waals surface area contributed by atoms with Crippen molar-refractivity contribution < 1.29 is 9.53 Å². The summed E-state index contributed by atoms with van der Waals surface area (Å²) < 4.78 is 4.99. The Morgan fingerprint density at radius 1 is 1.29 bits per heavy atom. The lowest BCUT2D eigenvalue weighted by Crippen LogP contribution is -2.42. The van der Waals surface area contributed by atoms with Gasteiger partial charge in [0.2, 0.25) is 5.91 Å². The molecule has 1 amide bonds. The number of amides is 1. The van der Waals surface area contributed by atoms with Gasteiger partial charge in [-0.1, -0.05) is 6.42 Å². The Labute approximate surface area is 128 Å². The molecule has 0 spiro atoms. The van der Waals surface area contributed by atoms with Gasteiger partial charge in [0.1, 0.15) is 0 Å². The predicted molar refractivity (Wildman–Crippen MR) is 82.1 cm³/mol. The van der Waals surface area contributed by atoms with Crippen LogP contribution in [0.4, 0.5) is 0 Å². The van der Waals surface area contributed by atoms with Gasteiger partial charge in [-0.2, -0.15) is 0 Å². The molecular weight excluding hydrogens is 266 g/mol. The number of hydrogen-bond donors (Lipinski definition) is 1. The molecule has 3 unspecified atom stereocenters. The molecule has 0 radical (unpaired) electrons. The van der Waals surface area contributed by atoms with E-state index in [9.17, 15) is 4.79 Å². The van der Waals surface area contributed by atoms with Gasteiger partial charge in [-0.05, 0) is 37.6 Å². The molecule has 0 aliphatic carbocycles. The van der Waals surface area contributed by atoms with E-state index >= 15 is 0 Å².